The van der Waals surface area contributed by atoms with E-state index >= 15 is 0 Å². The van der Waals surface area contributed by atoms with Gasteiger partial charge in [0.25, 0.3) is 0 Å². The summed E-state index contributed by atoms with van der Waals surface area (Å²) in [6, 6.07) is -0.860. The van der Waals surface area contributed by atoms with Crippen LogP contribution in [0.15, 0.2) is 6.33 Å². The molecule has 0 aliphatic carbocycles. The number of amides is 2. The fourth-order valence-corrected chi connectivity index (χ4v) is 2.63. The molecule has 1 saturated heterocycles. The Labute approximate surface area is 139 Å². The van der Waals surface area contributed by atoms with Crippen LogP contribution in [0.25, 0.3) is 0 Å². The van der Waals surface area contributed by atoms with Gasteiger partial charge in [0.2, 0.25) is 11.6 Å². The number of ether oxygens (including phenoxy) is 1. The van der Waals surface area contributed by atoms with Crippen LogP contribution >= 0.6 is 0 Å². The molecule has 0 radical (unpaired) electrons. The van der Waals surface area contributed by atoms with Crippen molar-refractivity contribution >= 4 is 18.3 Å². The first-order valence-electron chi connectivity index (χ1n) is 7.70. The summed E-state index contributed by atoms with van der Waals surface area (Å²) in [4.78, 5) is 38.8. The summed E-state index contributed by atoms with van der Waals surface area (Å²) in [7, 11) is 0. The molecule has 1 aliphatic rings. The van der Waals surface area contributed by atoms with Crippen molar-refractivity contribution in [3.8, 4) is 0 Å². The molecular weight excluding hydrogens is 316 g/mol. The SMILES string of the molecule is CC(NC(=O)OC(C)(C)C)C(=O)N1CCC[C@]1(C=O)n1ncnn1. The van der Waals surface area contributed by atoms with Gasteiger partial charge in [-0.15, -0.1) is 15.0 Å². The molecule has 2 heterocycles. The number of alkyl carbamates (subject to hydrolysis) is 1. The van der Waals surface area contributed by atoms with E-state index in [1.165, 1.54) is 18.2 Å². The first-order chi connectivity index (χ1) is 11.2. The van der Waals surface area contributed by atoms with E-state index < -0.39 is 29.3 Å². The van der Waals surface area contributed by atoms with E-state index in [1.54, 1.807) is 20.8 Å². The van der Waals surface area contributed by atoms with Crippen LogP contribution in [0.4, 0.5) is 4.79 Å². The Morgan fingerprint density at radius 2 is 2.12 bits per heavy atom. The average Bonchev–Trinajstić information content (AvgIpc) is 3.13. The summed E-state index contributed by atoms with van der Waals surface area (Å²) < 4.78 is 5.14. The second-order valence-corrected chi connectivity index (χ2v) is 6.68. The Morgan fingerprint density at radius 3 is 2.67 bits per heavy atom. The quantitative estimate of drug-likeness (QED) is 0.771. The molecule has 0 aromatic carbocycles. The third-order valence-corrected chi connectivity index (χ3v) is 3.65. The Kier molecular flexibility index (Phi) is 4.86. The van der Waals surface area contributed by atoms with Gasteiger partial charge >= 0.3 is 6.09 Å². The minimum atomic E-state index is -1.31. The highest BCUT2D eigenvalue weighted by molar-refractivity contribution is 5.88. The topological polar surface area (TPSA) is 119 Å². The number of carbonyl (C=O) groups is 3. The Balaban J connectivity index is 2.13. The predicted octanol–water partition coefficient (Wildman–Crippen LogP) is 0.0604. The zero-order chi connectivity index (χ0) is 18.0. The van der Waals surface area contributed by atoms with Gasteiger partial charge < -0.3 is 15.0 Å². The second-order valence-electron chi connectivity index (χ2n) is 6.68. The molecule has 0 spiro atoms. The Hall–Kier alpha value is -2.52. The highest BCUT2D eigenvalue weighted by Gasteiger charge is 2.48. The predicted molar refractivity (Wildman–Crippen MR) is 81.6 cm³/mol. The van der Waals surface area contributed by atoms with E-state index in [0.717, 1.165) is 4.80 Å². The minimum absolute atomic E-state index is 0.361. The number of aromatic nitrogens is 4. The van der Waals surface area contributed by atoms with Gasteiger partial charge in [0.15, 0.2) is 12.6 Å². The first-order valence-corrected chi connectivity index (χ1v) is 7.70. The van der Waals surface area contributed by atoms with Crippen LogP contribution in [0.3, 0.4) is 0 Å². The molecule has 24 heavy (non-hydrogen) atoms. The standard InChI is InChI=1S/C14H22N6O4/c1-10(17-12(23)24-13(2,3)4)11(22)19-7-5-6-14(19,8-21)20-16-9-15-18-20/h8-10H,5-7H2,1-4H3,(H,17,23)/t10?,14-/m1/s1. The number of carbonyl (C=O) groups excluding carboxylic acids is 3. The first kappa shape index (κ1) is 17.8. The van der Waals surface area contributed by atoms with Crippen molar-refractivity contribution in [1.29, 1.82) is 0 Å². The fourth-order valence-electron chi connectivity index (χ4n) is 2.63. The van der Waals surface area contributed by atoms with Crippen LogP contribution in [-0.4, -0.2) is 61.6 Å². The molecule has 132 valence electrons. The number of tetrazole rings is 1. The van der Waals surface area contributed by atoms with Crippen LogP contribution in [-0.2, 0) is 20.0 Å². The summed E-state index contributed by atoms with van der Waals surface area (Å²) in [5.41, 5.74) is -1.98. The zero-order valence-corrected chi connectivity index (χ0v) is 14.2. The van der Waals surface area contributed by atoms with Gasteiger partial charge in [-0.3, -0.25) is 9.59 Å². The molecule has 2 amide bonds. The van der Waals surface area contributed by atoms with Crippen LogP contribution in [0.5, 0.6) is 0 Å². The molecule has 10 nitrogen and oxygen atoms in total. The minimum Gasteiger partial charge on any atom is -0.444 e. The maximum atomic E-state index is 12.7. The normalized spacial score (nSPS) is 22.1. The summed E-state index contributed by atoms with van der Waals surface area (Å²) in [5, 5.41) is 13.7. The van der Waals surface area contributed by atoms with Crippen LogP contribution in [0.1, 0.15) is 40.5 Å². The van der Waals surface area contributed by atoms with Crippen molar-refractivity contribution in [2.75, 3.05) is 6.54 Å². The molecular formula is C14H22N6O4. The number of likely N-dealkylation sites (tertiary alicyclic amines) is 1. The van der Waals surface area contributed by atoms with E-state index in [2.05, 4.69) is 20.7 Å². The lowest BCUT2D eigenvalue weighted by atomic mass is 10.1. The molecule has 1 aromatic heterocycles. The van der Waals surface area contributed by atoms with E-state index in [-0.39, 0.29) is 0 Å². The number of aldehydes is 1. The van der Waals surface area contributed by atoms with Crippen molar-refractivity contribution in [3.05, 3.63) is 6.33 Å². The van der Waals surface area contributed by atoms with E-state index in [4.69, 9.17) is 4.74 Å². The van der Waals surface area contributed by atoms with Crippen LogP contribution < -0.4 is 5.32 Å². The smallest absolute Gasteiger partial charge is 0.408 e. The molecule has 1 unspecified atom stereocenters. The maximum Gasteiger partial charge on any atom is 0.408 e. The number of nitrogens with zero attached hydrogens (tertiary/aromatic N) is 5. The highest BCUT2D eigenvalue weighted by atomic mass is 16.6. The van der Waals surface area contributed by atoms with Crippen molar-refractivity contribution in [3.63, 3.8) is 0 Å². The van der Waals surface area contributed by atoms with Crippen LogP contribution in [0, 0.1) is 0 Å². The van der Waals surface area contributed by atoms with Crippen molar-refractivity contribution < 1.29 is 19.1 Å². The van der Waals surface area contributed by atoms with Gasteiger partial charge in [-0.05, 0) is 39.3 Å². The molecule has 0 saturated carbocycles. The summed E-state index contributed by atoms with van der Waals surface area (Å²) >= 11 is 0. The molecule has 1 aliphatic heterocycles. The molecule has 0 bridgehead atoms. The van der Waals surface area contributed by atoms with Gasteiger partial charge in [-0.25, -0.2) is 4.79 Å². The summed E-state index contributed by atoms with van der Waals surface area (Å²) in [6.07, 6.45) is 2.15. The van der Waals surface area contributed by atoms with Crippen molar-refractivity contribution in [2.24, 2.45) is 0 Å². The third-order valence-electron chi connectivity index (χ3n) is 3.65. The van der Waals surface area contributed by atoms with E-state index in [1.807, 2.05) is 0 Å². The number of nitrogens with one attached hydrogen (secondary N) is 1. The van der Waals surface area contributed by atoms with Crippen molar-refractivity contribution in [1.82, 2.24) is 30.4 Å². The number of hydrogen-bond acceptors (Lipinski definition) is 7. The molecule has 1 aromatic rings. The largest absolute Gasteiger partial charge is 0.444 e. The molecule has 10 heteroatoms. The maximum absolute atomic E-state index is 12.7. The summed E-state index contributed by atoms with van der Waals surface area (Å²) in [5.74, 6) is -0.414. The van der Waals surface area contributed by atoms with Gasteiger partial charge in [0.1, 0.15) is 11.6 Å². The lowest BCUT2D eigenvalue weighted by molar-refractivity contribution is -0.147. The van der Waals surface area contributed by atoms with Gasteiger partial charge in [-0.1, -0.05) is 0 Å². The molecule has 1 fully saturated rings. The fraction of sp³-hybridized carbons (Fsp3) is 0.714. The molecule has 1 N–H and O–H groups in total. The van der Waals surface area contributed by atoms with Gasteiger partial charge in [0, 0.05) is 13.0 Å². The number of hydrogen-bond donors (Lipinski definition) is 1. The molecule has 2 atom stereocenters. The lowest BCUT2D eigenvalue weighted by Gasteiger charge is -2.34. The molecule has 2 rings (SSSR count). The van der Waals surface area contributed by atoms with Crippen molar-refractivity contribution in [2.45, 2.75) is 57.8 Å². The Bertz CT molecular complexity index is 611. The second kappa shape index (κ2) is 6.54. The monoisotopic (exact) mass is 338 g/mol. The van der Waals surface area contributed by atoms with Gasteiger partial charge in [-0.2, -0.15) is 0 Å². The number of rotatable bonds is 4. The Morgan fingerprint density at radius 1 is 1.42 bits per heavy atom. The zero-order valence-electron chi connectivity index (χ0n) is 14.2. The van der Waals surface area contributed by atoms with E-state index in [9.17, 15) is 14.4 Å². The lowest BCUT2D eigenvalue weighted by Crippen LogP contribution is -2.57. The summed E-state index contributed by atoms with van der Waals surface area (Å²) in [6.45, 7) is 7.09. The average molecular weight is 338 g/mol. The highest BCUT2D eigenvalue weighted by Crippen LogP contribution is 2.31. The third kappa shape index (κ3) is 3.52. The van der Waals surface area contributed by atoms with E-state index in [0.29, 0.717) is 25.7 Å². The van der Waals surface area contributed by atoms with Gasteiger partial charge in [0.05, 0.1) is 0 Å². The van der Waals surface area contributed by atoms with Crippen LogP contribution in [0.2, 0.25) is 0 Å².